The third-order valence-corrected chi connectivity index (χ3v) is 2.12. The lowest BCUT2D eigenvalue weighted by Crippen LogP contribution is -2.10. The minimum Gasteiger partial charge on any atom is -0.426 e. The van der Waals surface area contributed by atoms with Crippen molar-refractivity contribution in [2.24, 2.45) is 5.92 Å². The van der Waals surface area contributed by atoms with Gasteiger partial charge in [-0.2, -0.15) is 0 Å². The maximum Gasteiger partial charge on any atom is 0.311 e. The molecule has 15 heavy (non-hydrogen) atoms. The second kappa shape index (κ2) is 5.03. The van der Waals surface area contributed by atoms with Gasteiger partial charge in [-0.05, 0) is 18.1 Å². The standard InChI is InChI=1S/C11H14ClNO2/c1-7(2)5-11(14)15-8-3-4-9(12)10(13)6-8/h3-4,6-7H,5,13H2,1-2H3. The van der Waals surface area contributed by atoms with Crippen molar-refractivity contribution in [3.05, 3.63) is 23.2 Å². The molecule has 2 N–H and O–H groups in total. The first-order valence-corrected chi connectivity index (χ1v) is 5.12. The molecular weight excluding hydrogens is 214 g/mol. The summed E-state index contributed by atoms with van der Waals surface area (Å²) >= 11 is 5.74. The molecule has 82 valence electrons. The van der Waals surface area contributed by atoms with E-state index in [9.17, 15) is 4.79 Å². The average Bonchev–Trinajstić information content (AvgIpc) is 2.10. The van der Waals surface area contributed by atoms with Gasteiger partial charge < -0.3 is 10.5 Å². The average molecular weight is 228 g/mol. The van der Waals surface area contributed by atoms with E-state index >= 15 is 0 Å². The maximum absolute atomic E-state index is 11.3. The van der Waals surface area contributed by atoms with Crippen LogP contribution in [0.4, 0.5) is 5.69 Å². The van der Waals surface area contributed by atoms with E-state index in [1.54, 1.807) is 18.2 Å². The van der Waals surface area contributed by atoms with E-state index in [-0.39, 0.29) is 11.9 Å². The number of hydrogen-bond donors (Lipinski definition) is 1. The highest BCUT2D eigenvalue weighted by atomic mass is 35.5. The van der Waals surface area contributed by atoms with Crippen LogP contribution in [-0.4, -0.2) is 5.97 Å². The third kappa shape index (κ3) is 3.80. The lowest BCUT2D eigenvalue weighted by atomic mass is 10.1. The summed E-state index contributed by atoms with van der Waals surface area (Å²) < 4.78 is 5.08. The van der Waals surface area contributed by atoms with Gasteiger partial charge in [-0.25, -0.2) is 0 Å². The molecule has 4 heteroatoms. The number of nitrogen functional groups attached to an aromatic ring is 1. The summed E-state index contributed by atoms with van der Waals surface area (Å²) in [7, 11) is 0. The van der Waals surface area contributed by atoms with Crippen LogP contribution in [0.1, 0.15) is 20.3 Å². The molecule has 0 aliphatic rings. The number of carbonyl (C=O) groups excluding carboxylic acids is 1. The summed E-state index contributed by atoms with van der Waals surface area (Å²) in [6.07, 6.45) is 0.391. The number of anilines is 1. The van der Waals surface area contributed by atoms with E-state index in [2.05, 4.69) is 0 Å². The van der Waals surface area contributed by atoms with Crippen LogP contribution < -0.4 is 10.5 Å². The molecule has 1 aromatic carbocycles. The second-order valence-electron chi connectivity index (χ2n) is 3.76. The molecule has 1 rings (SSSR count). The molecule has 0 aliphatic heterocycles. The van der Waals surface area contributed by atoms with E-state index in [0.29, 0.717) is 22.9 Å². The summed E-state index contributed by atoms with van der Waals surface area (Å²) in [6, 6.07) is 4.77. The highest BCUT2D eigenvalue weighted by Gasteiger charge is 2.08. The molecule has 0 unspecified atom stereocenters. The molecule has 0 radical (unpaired) electrons. The molecule has 0 saturated carbocycles. The molecule has 1 aromatic rings. The summed E-state index contributed by atoms with van der Waals surface area (Å²) in [4.78, 5) is 11.3. The van der Waals surface area contributed by atoms with Gasteiger partial charge >= 0.3 is 5.97 Å². The number of carbonyl (C=O) groups is 1. The van der Waals surface area contributed by atoms with Crippen molar-refractivity contribution in [2.45, 2.75) is 20.3 Å². The van der Waals surface area contributed by atoms with Gasteiger partial charge in [0.25, 0.3) is 0 Å². The third-order valence-electron chi connectivity index (χ3n) is 1.77. The molecule has 0 atom stereocenters. The Balaban J connectivity index is 2.65. The fourth-order valence-electron chi connectivity index (χ4n) is 1.09. The minimum atomic E-state index is -0.258. The van der Waals surface area contributed by atoms with E-state index in [1.165, 1.54) is 0 Å². The molecule has 0 bridgehead atoms. The lowest BCUT2D eigenvalue weighted by molar-refractivity contribution is -0.135. The molecule has 0 fully saturated rings. The van der Waals surface area contributed by atoms with Crippen LogP contribution in [0, 0.1) is 5.92 Å². The Kier molecular flexibility index (Phi) is 3.97. The SMILES string of the molecule is CC(C)CC(=O)Oc1ccc(Cl)c(N)c1. The van der Waals surface area contributed by atoms with Crippen molar-refractivity contribution in [3.8, 4) is 5.75 Å². The number of ether oxygens (including phenoxy) is 1. The van der Waals surface area contributed by atoms with E-state index < -0.39 is 0 Å². The predicted molar refractivity (Wildman–Crippen MR) is 61.0 cm³/mol. The number of nitrogens with two attached hydrogens (primary N) is 1. The Labute approximate surface area is 94.2 Å². The van der Waals surface area contributed by atoms with Gasteiger partial charge in [-0.3, -0.25) is 4.79 Å². The second-order valence-corrected chi connectivity index (χ2v) is 4.16. The minimum absolute atomic E-state index is 0.258. The normalized spacial score (nSPS) is 10.4. The predicted octanol–water partition coefficient (Wildman–Crippen LogP) is 2.87. The highest BCUT2D eigenvalue weighted by molar-refractivity contribution is 6.33. The van der Waals surface area contributed by atoms with E-state index in [4.69, 9.17) is 22.1 Å². The summed E-state index contributed by atoms with van der Waals surface area (Å²) in [5, 5.41) is 0.457. The Morgan fingerprint density at radius 1 is 1.53 bits per heavy atom. The van der Waals surface area contributed by atoms with Crippen LogP contribution in [0.3, 0.4) is 0 Å². The topological polar surface area (TPSA) is 52.3 Å². The Morgan fingerprint density at radius 2 is 2.20 bits per heavy atom. The van der Waals surface area contributed by atoms with Crippen LogP contribution in [0.5, 0.6) is 5.75 Å². The number of esters is 1. The molecule has 3 nitrogen and oxygen atoms in total. The van der Waals surface area contributed by atoms with Crippen LogP contribution in [-0.2, 0) is 4.79 Å². The fourth-order valence-corrected chi connectivity index (χ4v) is 1.21. The molecular formula is C11H14ClNO2. The van der Waals surface area contributed by atoms with Crippen molar-refractivity contribution < 1.29 is 9.53 Å². The monoisotopic (exact) mass is 227 g/mol. The van der Waals surface area contributed by atoms with E-state index in [0.717, 1.165) is 0 Å². The molecule has 0 aliphatic carbocycles. The molecule has 0 amide bonds. The van der Waals surface area contributed by atoms with Crippen molar-refractivity contribution in [1.29, 1.82) is 0 Å². The molecule has 0 saturated heterocycles. The summed E-state index contributed by atoms with van der Waals surface area (Å²) in [5.41, 5.74) is 5.98. The number of benzene rings is 1. The molecule has 0 spiro atoms. The number of hydrogen-bond acceptors (Lipinski definition) is 3. The number of rotatable bonds is 3. The fraction of sp³-hybridized carbons (Fsp3) is 0.364. The van der Waals surface area contributed by atoms with Crippen molar-refractivity contribution in [3.63, 3.8) is 0 Å². The van der Waals surface area contributed by atoms with Crippen LogP contribution >= 0.6 is 11.6 Å². The zero-order valence-corrected chi connectivity index (χ0v) is 9.54. The van der Waals surface area contributed by atoms with Crippen LogP contribution in [0.25, 0.3) is 0 Å². The first kappa shape index (κ1) is 11.9. The molecule has 0 heterocycles. The van der Waals surface area contributed by atoms with Gasteiger partial charge in [0.05, 0.1) is 10.7 Å². The van der Waals surface area contributed by atoms with Crippen LogP contribution in [0.15, 0.2) is 18.2 Å². The van der Waals surface area contributed by atoms with Gasteiger partial charge in [-0.1, -0.05) is 25.4 Å². The lowest BCUT2D eigenvalue weighted by Gasteiger charge is -2.07. The Bertz CT molecular complexity index is 364. The van der Waals surface area contributed by atoms with Crippen molar-refractivity contribution in [1.82, 2.24) is 0 Å². The first-order valence-electron chi connectivity index (χ1n) is 4.74. The number of halogens is 1. The quantitative estimate of drug-likeness (QED) is 0.491. The highest BCUT2D eigenvalue weighted by Crippen LogP contribution is 2.24. The molecule has 0 aromatic heterocycles. The summed E-state index contributed by atoms with van der Waals surface area (Å²) in [6.45, 7) is 3.91. The van der Waals surface area contributed by atoms with Gasteiger partial charge in [0.15, 0.2) is 0 Å². The zero-order valence-electron chi connectivity index (χ0n) is 8.79. The van der Waals surface area contributed by atoms with Crippen molar-refractivity contribution in [2.75, 3.05) is 5.73 Å². The van der Waals surface area contributed by atoms with Crippen molar-refractivity contribution >= 4 is 23.3 Å². The van der Waals surface area contributed by atoms with Gasteiger partial charge in [-0.15, -0.1) is 0 Å². The summed E-state index contributed by atoms with van der Waals surface area (Å²) in [5.74, 6) is 0.455. The largest absolute Gasteiger partial charge is 0.426 e. The Hall–Kier alpha value is -1.22. The smallest absolute Gasteiger partial charge is 0.311 e. The van der Waals surface area contributed by atoms with Gasteiger partial charge in [0.2, 0.25) is 0 Å². The first-order chi connectivity index (χ1) is 6.99. The maximum atomic E-state index is 11.3. The zero-order chi connectivity index (χ0) is 11.4. The van der Waals surface area contributed by atoms with Gasteiger partial charge in [0.1, 0.15) is 5.75 Å². The van der Waals surface area contributed by atoms with E-state index in [1.807, 2.05) is 13.8 Å². The van der Waals surface area contributed by atoms with Crippen LogP contribution in [0.2, 0.25) is 5.02 Å². The van der Waals surface area contributed by atoms with Gasteiger partial charge in [0, 0.05) is 12.5 Å². The Morgan fingerprint density at radius 3 is 2.73 bits per heavy atom.